The van der Waals surface area contributed by atoms with E-state index in [1.54, 1.807) is 37.2 Å². The van der Waals surface area contributed by atoms with E-state index in [0.29, 0.717) is 18.7 Å². The third-order valence-electron chi connectivity index (χ3n) is 5.63. The summed E-state index contributed by atoms with van der Waals surface area (Å²) in [6.07, 6.45) is 5.05. The first-order valence-corrected chi connectivity index (χ1v) is 11.8. The number of carbonyl (C=O) groups excluding carboxylic acids is 1. The van der Waals surface area contributed by atoms with Crippen LogP contribution in [0.2, 0.25) is 0 Å². The van der Waals surface area contributed by atoms with Crippen molar-refractivity contribution < 1.29 is 17.9 Å². The number of hydrogen-bond acceptors (Lipinski definition) is 4. The van der Waals surface area contributed by atoms with Gasteiger partial charge in [0.15, 0.2) is 0 Å². The van der Waals surface area contributed by atoms with Crippen LogP contribution < -0.4 is 4.74 Å². The molecular weight excluding hydrogens is 400 g/mol. The Balaban J connectivity index is 1.65. The summed E-state index contributed by atoms with van der Waals surface area (Å²) in [4.78, 5) is 14.5. The summed E-state index contributed by atoms with van der Waals surface area (Å²) >= 11 is 0. The van der Waals surface area contributed by atoms with Crippen LogP contribution >= 0.6 is 0 Å². The maximum absolute atomic E-state index is 13.1. The fraction of sp³-hybridized carbons (Fsp3) is 0.435. The second-order valence-electron chi connectivity index (χ2n) is 7.73. The molecule has 30 heavy (non-hydrogen) atoms. The molecule has 0 saturated heterocycles. The van der Waals surface area contributed by atoms with Crippen molar-refractivity contribution in [2.75, 3.05) is 27.2 Å². The van der Waals surface area contributed by atoms with Gasteiger partial charge in [0.2, 0.25) is 10.0 Å². The molecule has 0 radical (unpaired) electrons. The van der Waals surface area contributed by atoms with Crippen LogP contribution in [0.1, 0.15) is 42.5 Å². The number of sulfonamides is 1. The molecule has 0 N–H and O–H groups in total. The highest BCUT2D eigenvalue weighted by molar-refractivity contribution is 7.89. The third-order valence-corrected chi connectivity index (χ3v) is 7.54. The molecular formula is C23H30N2O4S. The van der Waals surface area contributed by atoms with Gasteiger partial charge in [0.25, 0.3) is 5.91 Å². The summed E-state index contributed by atoms with van der Waals surface area (Å²) in [7, 11) is -0.303. The summed E-state index contributed by atoms with van der Waals surface area (Å²) < 4.78 is 33.3. The molecule has 0 atom stereocenters. The van der Waals surface area contributed by atoms with Crippen molar-refractivity contribution in [2.24, 2.45) is 0 Å². The molecule has 1 saturated carbocycles. The second-order valence-corrected chi connectivity index (χ2v) is 9.73. The van der Waals surface area contributed by atoms with E-state index in [1.807, 2.05) is 30.3 Å². The van der Waals surface area contributed by atoms with Gasteiger partial charge in [-0.05, 0) is 43.2 Å². The zero-order valence-corrected chi connectivity index (χ0v) is 18.5. The molecule has 7 heteroatoms. The maximum atomic E-state index is 13.1. The second kappa shape index (κ2) is 10.1. The SMILES string of the molecule is CN(CCOc1ccccc1)C(=O)c1cccc(S(=O)(=O)N(C)C2CCCCC2)c1. The Hall–Kier alpha value is -2.38. The number of amides is 1. The Kier molecular flexibility index (Phi) is 7.50. The number of rotatable bonds is 8. The van der Waals surface area contributed by atoms with Gasteiger partial charge in [-0.25, -0.2) is 8.42 Å². The first-order valence-electron chi connectivity index (χ1n) is 10.4. The maximum Gasteiger partial charge on any atom is 0.253 e. The van der Waals surface area contributed by atoms with Crippen molar-refractivity contribution in [3.05, 3.63) is 60.2 Å². The molecule has 3 rings (SSSR count). The highest BCUT2D eigenvalue weighted by Crippen LogP contribution is 2.27. The highest BCUT2D eigenvalue weighted by Gasteiger charge is 2.29. The normalized spacial score (nSPS) is 15.2. The smallest absolute Gasteiger partial charge is 0.253 e. The van der Waals surface area contributed by atoms with E-state index in [1.165, 1.54) is 10.4 Å². The van der Waals surface area contributed by atoms with Crippen molar-refractivity contribution in [1.82, 2.24) is 9.21 Å². The number of nitrogens with zero attached hydrogens (tertiary/aromatic N) is 2. The third kappa shape index (κ3) is 5.40. The molecule has 0 bridgehead atoms. The standard InChI is InChI=1S/C23H30N2O4S/c1-24(16-17-29-21-13-7-4-8-14-21)23(26)19-10-9-15-22(18-19)30(27,28)25(2)20-11-5-3-6-12-20/h4,7-10,13-15,18,20H,3,5-6,11-12,16-17H2,1-2H3. The number of para-hydroxylation sites is 1. The van der Waals surface area contributed by atoms with Crippen molar-refractivity contribution in [1.29, 1.82) is 0 Å². The number of benzene rings is 2. The lowest BCUT2D eigenvalue weighted by atomic mass is 9.96. The fourth-order valence-corrected chi connectivity index (χ4v) is 5.20. The number of ether oxygens (including phenoxy) is 1. The first-order chi connectivity index (χ1) is 14.4. The number of likely N-dealkylation sites (N-methyl/N-ethyl adjacent to an activating group) is 1. The van der Waals surface area contributed by atoms with Gasteiger partial charge in [-0.3, -0.25) is 4.79 Å². The Morgan fingerprint density at radius 1 is 1.00 bits per heavy atom. The summed E-state index contributed by atoms with van der Waals surface area (Å²) in [6.45, 7) is 0.751. The Bertz CT molecular complexity index is 941. The molecule has 162 valence electrons. The average molecular weight is 431 g/mol. The van der Waals surface area contributed by atoms with Gasteiger partial charge in [-0.2, -0.15) is 4.31 Å². The van der Waals surface area contributed by atoms with Gasteiger partial charge in [0, 0.05) is 25.7 Å². The molecule has 0 spiro atoms. The lowest BCUT2D eigenvalue weighted by Gasteiger charge is -2.30. The zero-order chi connectivity index (χ0) is 21.6. The molecule has 1 aliphatic rings. The minimum atomic E-state index is -3.64. The van der Waals surface area contributed by atoms with E-state index in [0.717, 1.165) is 37.9 Å². The Labute approximate surface area is 179 Å². The minimum absolute atomic E-state index is 0.0286. The van der Waals surface area contributed by atoms with E-state index in [9.17, 15) is 13.2 Å². The molecule has 0 aliphatic heterocycles. The van der Waals surface area contributed by atoms with Crippen molar-refractivity contribution in [2.45, 2.75) is 43.0 Å². The van der Waals surface area contributed by atoms with Crippen LogP contribution in [0.3, 0.4) is 0 Å². The summed E-state index contributed by atoms with van der Waals surface area (Å²) in [5.74, 6) is 0.515. The van der Waals surface area contributed by atoms with Gasteiger partial charge < -0.3 is 9.64 Å². The van der Waals surface area contributed by atoms with Crippen LogP contribution in [0.15, 0.2) is 59.5 Å². The lowest BCUT2D eigenvalue weighted by Crippen LogP contribution is -2.38. The van der Waals surface area contributed by atoms with Crippen LogP contribution in [0, 0.1) is 0 Å². The Morgan fingerprint density at radius 3 is 2.40 bits per heavy atom. The minimum Gasteiger partial charge on any atom is -0.492 e. The van der Waals surface area contributed by atoms with E-state index in [4.69, 9.17) is 4.74 Å². The summed E-state index contributed by atoms with van der Waals surface area (Å²) in [6, 6.07) is 15.8. The zero-order valence-electron chi connectivity index (χ0n) is 17.7. The molecule has 1 aliphatic carbocycles. The van der Waals surface area contributed by atoms with Crippen LogP contribution in [0.25, 0.3) is 0 Å². The van der Waals surface area contributed by atoms with E-state index >= 15 is 0 Å². The molecule has 2 aromatic carbocycles. The predicted octanol–water partition coefficient (Wildman–Crippen LogP) is 3.79. The van der Waals surface area contributed by atoms with Crippen molar-refractivity contribution in [3.63, 3.8) is 0 Å². The average Bonchev–Trinajstić information content (AvgIpc) is 2.79. The highest BCUT2D eigenvalue weighted by atomic mass is 32.2. The van der Waals surface area contributed by atoms with Gasteiger partial charge in [0.05, 0.1) is 11.4 Å². The van der Waals surface area contributed by atoms with Gasteiger partial charge in [0.1, 0.15) is 12.4 Å². The van der Waals surface area contributed by atoms with Crippen LogP contribution in [0.4, 0.5) is 0 Å². The number of carbonyl (C=O) groups is 1. The molecule has 2 aromatic rings. The van der Waals surface area contributed by atoms with Gasteiger partial charge >= 0.3 is 0 Å². The van der Waals surface area contributed by atoms with E-state index < -0.39 is 10.0 Å². The molecule has 0 unspecified atom stereocenters. The summed E-state index contributed by atoms with van der Waals surface area (Å²) in [5.41, 5.74) is 0.357. The van der Waals surface area contributed by atoms with Crippen LogP contribution in [-0.4, -0.2) is 56.8 Å². The van der Waals surface area contributed by atoms with E-state index in [2.05, 4.69) is 0 Å². The monoisotopic (exact) mass is 430 g/mol. The Morgan fingerprint density at radius 2 is 1.70 bits per heavy atom. The van der Waals surface area contributed by atoms with Crippen molar-refractivity contribution >= 4 is 15.9 Å². The van der Waals surface area contributed by atoms with Gasteiger partial charge in [-0.1, -0.05) is 43.5 Å². The van der Waals surface area contributed by atoms with E-state index in [-0.39, 0.29) is 16.8 Å². The largest absolute Gasteiger partial charge is 0.492 e. The molecule has 1 fully saturated rings. The quantitative estimate of drug-likeness (QED) is 0.639. The van der Waals surface area contributed by atoms with Crippen LogP contribution in [-0.2, 0) is 10.0 Å². The molecule has 0 aromatic heterocycles. The van der Waals surface area contributed by atoms with Crippen LogP contribution in [0.5, 0.6) is 5.75 Å². The molecule has 1 amide bonds. The van der Waals surface area contributed by atoms with Gasteiger partial charge in [-0.15, -0.1) is 0 Å². The summed E-state index contributed by atoms with van der Waals surface area (Å²) in [5, 5.41) is 0. The topological polar surface area (TPSA) is 66.9 Å². The number of hydrogen-bond donors (Lipinski definition) is 0. The molecule has 6 nitrogen and oxygen atoms in total. The lowest BCUT2D eigenvalue weighted by molar-refractivity contribution is 0.0773. The predicted molar refractivity (Wildman–Crippen MR) is 117 cm³/mol. The molecule has 0 heterocycles. The van der Waals surface area contributed by atoms with Crippen molar-refractivity contribution in [3.8, 4) is 5.75 Å². The first kappa shape index (κ1) is 22.3. The fourth-order valence-electron chi connectivity index (χ4n) is 3.74.